The lowest BCUT2D eigenvalue weighted by atomic mass is 9.99. The zero-order valence-corrected chi connectivity index (χ0v) is 14.0. The third kappa shape index (κ3) is 4.73. The van der Waals surface area contributed by atoms with E-state index in [1.807, 2.05) is 24.3 Å². The zero-order chi connectivity index (χ0) is 15.9. The molecule has 0 N–H and O–H groups in total. The summed E-state index contributed by atoms with van der Waals surface area (Å²) in [7, 11) is 0. The highest BCUT2D eigenvalue weighted by Gasteiger charge is 2.28. The SMILES string of the molecule is C#Cc1ccc(OCCCCN2CCN3CCCCC3C2)cc1. The molecule has 1 unspecified atom stereocenters. The molecule has 23 heavy (non-hydrogen) atoms. The molecule has 3 heteroatoms. The molecule has 124 valence electrons. The Balaban J connectivity index is 1.30. The first kappa shape index (κ1) is 16.4. The molecule has 0 aromatic heterocycles. The number of hydrogen-bond acceptors (Lipinski definition) is 3. The van der Waals surface area contributed by atoms with Crippen LogP contribution in [0.1, 0.15) is 37.7 Å². The Morgan fingerprint density at radius 3 is 2.78 bits per heavy atom. The van der Waals surface area contributed by atoms with Gasteiger partial charge in [-0.3, -0.25) is 4.90 Å². The number of nitrogens with zero attached hydrogens (tertiary/aromatic N) is 2. The minimum Gasteiger partial charge on any atom is -0.494 e. The van der Waals surface area contributed by atoms with E-state index in [1.165, 1.54) is 58.4 Å². The van der Waals surface area contributed by atoms with E-state index in [0.717, 1.165) is 30.4 Å². The summed E-state index contributed by atoms with van der Waals surface area (Å²) in [6.45, 7) is 7.11. The van der Waals surface area contributed by atoms with Crippen LogP contribution in [0, 0.1) is 12.3 Å². The number of piperazine rings is 1. The monoisotopic (exact) mass is 312 g/mol. The molecule has 0 radical (unpaired) electrons. The summed E-state index contributed by atoms with van der Waals surface area (Å²) in [6.07, 6.45) is 11.9. The Labute approximate surface area is 140 Å². The van der Waals surface area contributed by atoms with Crippen LogP contribution in [0.4, 0.5) is 0 Å². The molecule has 1 aromatic carbocycles. The van der Waals surface area contributed by atoms with Crippen LogP contribution in [0.25, 0.3) is 0 Å². The molecular weight excluding hydrogens is 284 g/mol. The van der Waals surface area contributed by atoms with Gasteiger partial charge in [0.2, 0.25) is 0 Å². The van der Waals surface area contributed by atoms with Gasteiger partial charge in [-0.15, -0.1) is 6.42 Å². The summed E-state index contributed by atoms with van der Waals surface area (Å²) in [5, 5.41) is 0. The van der Waals surface area contributed by atoms with Crippen molar-refractivity contribution in [1.29, 1.82) is 0 Å². The minimum atomic E-state index is 0.790. The molecule has 0 amide bonds. The quantitative estimate of drug-likeness (QED) is 0.593. The van der Waals surface area contributed by atoms with Gasteiger partial charge in [-0.2, -0.15) is 0 Å². The number of fused-ring (bicyclic) bond motifs is 1. The second-order valence-corrected chi connectivity index (χ2v) is 6.71. The van der Waals surface area contributed by atoms with Crippen LogP contribution < -0.4 is 4.74 Å². The van der Waals surface area contributed by atoms with Crippen molar-refractivity contribution < 1.29 is 4.74 Å². The van der Waals surface area contributed by atoms with Crippen molar-refractivity contribution in [3.63, 3.8) is 0 Å². The minimum absolute atomic E-state index is 0.790. The molecular formula is C20H28N2O. The van der Waals surface area contributed by atoms with Crippen LogP contribution in [-0.2, 0) is 0 Å². The molecule has 2 fully saturated rings. The Kier molecular flexibility index (Phi) is 5.96. The summed E-state index contributed by atoms with van der Waals surface area (Å²) >= 11 is 0. The lowest BCUT2D eigenvalue weighted by Gasteiger charge is -2.44. The molecule has 1 atom stereocenters. The first-order valence-corrected chi connectivity index (χ1v) is 9.01. The van der Waals surface area contributed by atoms with Gasteiger partial charge in [0.15, 0.2) is 0 Å². The summed E-state index contributed by atoms with van der Waals surface area (Å²) in [4.78, 5) is 5.34. The Morgan fingerprint density at radius 1 is 1.09 bits per heavy atom. The Hall–Kier alpha value is -1.50. The van der Waals surface area contributed by atoms with Crippen LogP contribution in [-0.4, -0.2) is 55.2 Å². The third-order valence-corrected chi connectivity index (χ3v) is 5.08. The van der Waals surface area contributed by atoms with E-state index in [1.54, 1.807) is 0 Å². The zero-order valence-electron chi connectivity index (χ0n) is 14.0. The fourth-order valence-electron chi connectivity index (χ4n) is 3.70. The van der Waals surface area contributed by atoms with Crippen molar-refractivity contribution in [1.82, 2.24) is 9.80 Å². The highest BCUT2D eigenvalue weighted by atomic mass is 16.5. The predicted molar refractivity (Wildman–Crippen MR) is 94.8 cm³/mol. The maximum atomic E-state index is 5.79. The van der Waals surface area contributed by atoms with E-state index in [2.05, 4.69) is 15.7 Å². The average Bonchev–Trinajstić information content (AvgIpc) is 2.62. The topological polar surface area (TPSA) is 15.7 Å². The van der Waals surface area contributed by atoms with Gasteiger partial charge in [-0.1, -0.05) is 12.3 Å². The van der Waals surface area contributed by atoms with Gasteiger partial charge in [0.25, 0.3) is 0 Å². The van der Waals surface area contributed by atoms with Crippen LogP contribution in [0.5, 0.6) is 5.75 Å². The second kappa shape index (κ2) is 8.38. The van der Waals surface area contributed by atoms with Crippen molar-refractivity contribution >= 4 is 0 Å². The lowest BCUT2D eigenvalue weighted by Crippen LogP contribution is -2.54. The molecule has 2 saturated heterocycles. The average molecular weight is 312 g/mol. The van der Waals surface area contributed by atoms with Gasteiger partial charge in [0, 0.05) is 31.2 Å². The van der Waals surface area contributed by atoms with Crippen molar-refractivity contribution in [3.8, 4) is 18.1 Å². The van der Waals surface area contributed by atoms with E-state index in [0.29, 0.717) is 0 Å². The standard InChI is InChI=1S/C20H28N2O/c1-2-18-8-10-20(11-9-18)23-16-6-5-12-21-14-15-22-13-4-3-7-19(22)17-21/h1,8-11,19H,3-7,12-17H2. The summed E-state index contributed by atoms with van der Waals surface area (Å²) in [5.74, 6) is 3.54. The molecule has 2 aliphatic rings. The summed E-state index contributed by atoms with van der Waals surface area (Å²) < 4.78 is 5.79. The molecule has 2 heterocycles. The maximum absolute atomic E-state index is 5.79. The smallest absolute Gasteiger partial charge is 0.119 e. The molecule has 0 bridgehead atoms. The van der Waals surface area contributed by atoms with Gasteiger partial charge < -0.3 is 9.64 Å². The number of ether oxygens (including phenoxy) is 1. The van der Waals surface area contributed by atoms with Crippen LogP contribution in [0.2, 0.25) is 0 Å². The van der Waals surface area contributed by atoms with Crippen LogP contribution >= 0.6 is 0 Å². The fourth-order valence-corrected chi connectivity index (χ4v) is 3.70. The summed E-state index contributed by atoms with van der Waals surface area (Å²) in [6, 6.07) is 8.59. The van der Waals surface area contributed by atoms with E-state index in [9.17, 15) is 0 Å². The van der Waals surface area contributed by atoms with E-state index in [4.69, 9.17) is 11.2 Å². The lowest BCUT2D eigenvalue weighted by molar-refractivity contribution is 0.0482. The number of hydrogen-bond donors (Lipinski definition) is 0. The van der Waals surface area contributed by atoms with Gasteiger partial charge in [0.05, 0.1) is 6.61 Å². The first-order valence-electron chi connectivity index (χ1n) is 9.01. The molecule has 2 aliphatic heterocycles. The van der Waals surface area contributed by atoms with Gasteiger partial charge >= 0.3 is 0 Å². The van der Waals surface area contributed by atoms with Crippen molar-refractivity contribution in [2.75, 3.05) is 39.3 Å². The Morgan fingerprint density at radius 2 is 1.96 bits per heavy atom. The normalized spacial score (nSPS) is 22.3. The highest BCUT2D eigenvalue weighted by molar-refractivity contribution is 5.36. The van der Waals surface area contributed by atoms with Gasteiger partial charge in [0.1, 0.15) is 5.75 Å². The van der Waals surface area contributed by atoms with E-state index < -0.39 is 0 Å². The van der Waals surface area contributed by atoms with Gasteiger partial charge in [-0.25, -0.2) is 0 Å². The van der Waals surface area contributed by atoms with Crippen LogP contribution in [0.15, 0.2) is 24.3 Å². The summed E-state index contributed by atoms with van der Waals surface area (Å²) in [5.41, 5.74) is 0.902. The van der Waals surface area contributed by atoms with Crippen molar-refractivity contribution in [2.24, 2.45) is 0 Å². The third-order valence-electron chi connectivity index (χ3n) is 5.08. The fraction of sp³-hybridized carbons (Fsp3) is 0.600. The van der Waals surface area contributed by atoms with Crippen LogP contribution in [0.3, 0.4) is 0 Å². The predicted octanol–water partition coefficient (Wildman–Crippen LogP) is 3.00. The molecule has 0 spiro atoms. The molecule has 3 rings (SSSR count). The van der Waals surface area contributed by atoms with E-state index >= 15 is 0 Å². The number of terminal acetylenes is 1. The number of benzene rings is 1. The number of piperidine rings is 1. The molecule has 0 saturated carbocycles. The van der Waals surface area contributed by atoms with Crippen molar-refractivity contribution in [3.05, 3.63) is 29.8 Å². The largest absolute Gasteiger partial charge is 0.494 e. The molecule has 1 aromatic rings. The first-order chi connectivity index (χ1) is 11.3. The Bertz CT molecular complexity index is 519. The highest BCUT2D eigenvalue weighted by Crippen LogP contribution is 2.21. The van der Waals surface area contributed by atoms with Gasteiger partial charge in [-0.05, 0) is 63.0 Å². The maximum Gasteiger partial charge on any atom is 0.119 e. The van der Waals surface area contributed by atoms with E-state index in [-0.39, 0.29) is 0 Å². The second-order valence-electron chi connectivity index (χ2n) is 6.71. The molecule has 3 nitrogen and oxygen atoms in total. The number of rotatable bonds is 6. The number of unbranched alkanes of at least 4 members (excludes halogenated alkanes) is 1. The molecule has 0 aliphatic carbocycles. The van der Waals surface area contributed by atoms with Crippen molar-refractivity contribution in [2.45, 2.75) is 38.1 Å².